The molecular weight excluding hydrogens is 412 g/mol. The maximum Gasteiger partial charge on any atom is 0.252 e. The van der Waals surface area contributed by atoms with Gasteiger partial charge >= 0.3 is 0 Å². The summed E-state index contributed by atoms with van der Waals surface area (Å²) in [6.07, 6.45) is 5.45. The lowest BCUT2D eigenvalue weighted by atomic mass is 10.1. The van der Waals surface area contributed by atoms with Crippen LogP contribution < -0.4 is 5.32 Å². The number of hydrogen-bond donors (Lipinski definition) is 1. The van der Waals surface area contributed by atoms with Gasteiger partial charge in [-0.25, -0.2) is 0 Å². The molecule has 1 aromatic carbocycles. The Balaban J connectivity index is 1.33. The molecule has 1 saturated heterocycles. The molecular formula is C26H34N6O. The van der Waals surface area contributed by atoms with Crippen LogP contribution in [-0.2, 0) is 6.42 Å². The zero-order chi connectivity index (χ0) is 22.8. The molecule has 0 bridgehead atoms. The van der Waals surface area contributed by atoms with Crippen LogP contribution in [0.4, 0.5) is 0 Å². The molecule has 174 valence electrons. The minimum atomic E-state index is -0.0628. The highest BCUT2D eigenvalue weighted by Crippen LogP contribution is 2.33. The van der Waals surface area contributed by atoms with Crippen molar-refractivity contribution in [3.05, 3.63) is 65.6 Å². The third-order valence-corrected chi connectivity index (χ3v) is 6.91. The molecule has 3 aromatic rings. The lowest BCUT2D eigenvalue weighted by Gasteiger charge is -2.42. The number of pyridine rings is 1. The van der Waals surface area contributed by atoms with E-state index < -0.39 is 0 Å². The predicted molar refractivity (Wildman–Crippen MR) is 129 cm³/mol. The highest BCUT2D eigenvalue weighted by atomic mass is 16.1. The zero-order valence-corrected chi connectivity index (χ0v) is 19.7. The highest BCUT2D eigenvalue weighted by molar-refractivity contribution is 5.94. The first kappa shape index (κ1) is 22.0. The standard InChI is InChI=1S/C26H34N6O/c1-19(2)31-15-14-30(16-21-8-9-21)18-23(31)25-29-28-24-11-10-22(17-32(24)25)26(33)27-13-12-20-6-4-3-5-7-20/h3-7,10-11,17,19,21,23H,8-9,12-16,18H2,1-2H3,(H,27,33)/t23-/m0/s1. The summed E-state index contributed by atoms with van der Waals surface area (Å²) in [5, 5.41) is 12.1. The smallest absolute Gasteiger partial charge is 0.252 e. The lowest BCUT2D eigenvalue weighted by molar-refractivity contribution is 0.0437. The molecule has 1 aliphatic heterocycles. The molecule has 1 amide bonds. The second kappa shape index (κ2) is 9.61. The lowest BCUT2D eigenvalue weighted by Crippen LogP contribution is -2.51. The Morgan fingerprint density at radius 3 is 2.67 bits per heavy atom. The summed E-state index contributed by atoms with van der Waals surface area (Å²) in [5.74, 6) is 1.74. The zero-order valence-electron chi connectivity index (χ0n) is 19.7. The van der Waals surface area contributed by atoms with Gasteiger partial charge in [-0.05, 0) is 56.7 Å². The first-order chi connectivity index (χ1) is 16.1. The van der Waals surface area contributed by atoms with Gasteiger partial charge in [0.25, 0.3) is 5.91 Å². The van der Waals surface area contributed by atoms with E-state index in [-0.39, 0.29) is 11.9 Å². The minimum absolute atomic E-state index is 0.0628. The van der Waals surface area contributed by atoms with Gasteiger partial charge in [-0.15, -0.1) is 10.2 Å². The molecule has 3 heterocycles. The SMILES string of the molecule is CC(C)N1CCN(CC2CC2)C[C@H]1c1nnc2ccc(C(=O)NCCc3ccccc3)cn12. The van der Waals surface area contributed by atoms with Crippen molar-refractivity contribution in [2.45, 2.75) is 45.2 Å². The number of hydrogen-bond acceptors (Lipinski definition) is 5. The summed E-state index contributed by atoms with van der Waals surface area (Å²) in [6.45, 7) is 9.39. The fourth-order valence-electron chi connectivity index (χ4n) is 4.87. The molecule has 2 aromatic heterocycles. The molecule has 0 spiro atoms. The highest BCUT2D eigenvalue weighted by Gasteiger charge is 2.35. The van der Waals surface area contributed by atoms with Gasteiger partial charge in [0.15, 0.2) is 11.5 Å². The molecule has 33 heavy (non-hydrogen) atoms. The summed E-state index contributed by atoms with van der Waals surface area (Å²) < 4.78 is 2.02. The third-order valence-electron chi connectivity index (χ3n) is 6.91. The van der Waals surface area contributed by atoms with Gasteiger partial charge in [0.2, 0.25) is 0 Å². The molecule has 1 atom stereocenters. The van der Waals surface area contributed by atoms with Crippen molar-refractivity contribution >= 4 is 11.6 Å². The van der Waals surface area contributed by atoms with Crippen LogP contribution in [0.1, 0.15) is 54.5 Å². The van der Waals surface area contributed by atoms with Crippen molar-refractivity contribution in [2.24, 2.45) is 5.92 Å². The number of amides is 1. The number of fused-ring (bicyclic) bond motifs is 1. The van der Waals surface area contributed by atoms with Crippen LogP contribution >= 0.6 is 0 Å². The second-order valence-electron chi connectivity index (χ2n) is 9.75. The Bertz CT molecular complexity index is 1090. The van der Waals surface area contributed by atoms with Crippen LogP contribution in [0.15, 0.2) is 48.7 Å². The van der Waals surface area contributed by atoms with Gasteiger partial charge in [-0.1, -0.05) is 30.3 Å². The number of carbonyl (C=O) groups is 1. The van der Waals surface area contributed by atoms with Crippen LogP contribution in [0, 0.1) is 5.92 Å². The second-order valence-corrected chi connectivity index (χ2v) is 9.75. The van der Waals surface area contributed by atoms with Crippen LogP contribution in [0.25, 0.3) is 5.65 Å². The molecule has 0 radical (unpaired) electrons. The molecule has 2 fully saturated rings. The Morgan fingerprint density at radius 2 is 1.91 bits per heavy atom. The van der Waals surface area contributed by atoms with Gasteiger partial charge in [0.05, 0.1) is 11.6 Å². The number of nitrogens with one attached hydrogen (secondary N) is 1. The fourth-order valence-corrected chi connectivity index (χ4v) is 4.87. The Hall–Kier alpha value is -2.77. The van der Waals surface area contributed by atoms with E-state index in [0.29, 0.717) is 18.2 Å². The van der Waals surface area contributed by atoms with E-state index >= 15 is 0 Å². The molecule has 1 aliphatic carbocycles. The maximum absolute atomic E-state index is 12.9. The summed E-state index contributed by atoms with van der Waals surface area (Å²) in [6, 6.07) is 14.5. The van der Waals surface area contributed by atoms with Gasteiger partial charge in [-0.2, -0.15) is 0 Å². The van der Waals surface area contributed by atoms with Crippen LogP contribution in [0.5, 0.6) is 0 Å². The summed E-state index contributed by atoms with van der Waals surface area (Å²) in [5.41, 5.74) is 2.64. The number of benzene rings is 1. The van der Waals surface area contributed by atoms with E-state index in [1.165, 1.54) is 24.9 Å². The Labute approximate surface area is 195 Å². The van der Waals surface area contributed by atoms with Gasteiger partial charge < -0.3 is 5.32 Å². The van der Waals surface area contributed by atoms with Crippen molar-refractivity contribution in [1.29, 1.82) is 0 Å². The maximum atomic E-state index is 12.9. The van der Waals surface area contributed by atoms with Crippen molar-refractivity contribution in [1.82, 2.24) is 29.7 Å². The van der Waals surface area contributed by atoms with Crippen molar-refractivity contribution in [3.8, 4) is 0 Å². The normalized spacial score (nSPS) is 19.9. The molecule has 7 heteroatoms. The topological polar surface area (TPSA) is 65.8 Å². The van der Waals surface area contributed by atoms with Gasteiger partial charge in [0, 0.05) is 45.0 Å². The first-order valence-electron chi connectivity index (χ1n) is 12.2. The molecule has 1 N–H and O–H groups in total. The number of piperazine rings is 1. The molecule has 1 saturated carbocycles. The average Bonchev–Trinajstić information content (AvgIpc) is 3.54. The van der Waals surface area contributed by atoms with Gasteiger partial charge in [0.1, 0.15) is 0 Å². The van der Waals surface area contributed by atoms with E-state index in [4.69, 9.17) is 0 Å². The third kappa shape index (κ3) is 5.09. The fraction of sp³-hybridized carbons (Fsp3) is 0.500. The van der Waals surface area contributed by atoms with E-state index in [1.54, 1.807) is 0 Å². The monoisotopic (exact) mass is 446 g/mol. The number of aromatic nitrogens is 3. The van der Waals surface area contributed by atoms with E-state index in [2.05, 4.69) is 51.3 Å². The van der Waals surface area contributed by atoms with Crippen LogP contribution in [0.2, 0.25) is 0 Å². The summed E-state index contributed by atoms with van der Waals surface area (Å²) in [4.78, 5) is 18.0. The number of nitrogens with zero attached hydrogens (tertiary/aromatic N) is 5. The van der Waals surface area contributed by atoms with Gasteiger partial charge in [-0.3, -0.25) is 19.0 Å². The van der Waals surface area contributed by atoms with E-state index in [9.17, 15) is 4.79 Å². The Morgan fingerprint density at radius 1 is 1.09 bits per heavy atom. The number of carbonyl (C=O) groups excluding carboxylic acids is 1. The van der Waals surface area contributed by atoms with Crippen LogP contribution in [-0.4, -0.2) is 69.1 Å². The molecule has 7 nitrogen and oxygen atoms in total. The summed E-state index contributed by atoms with van der Waals surface area (Å²) >= 11 is 0. The van der Waals surface area contributed by atoms with Crippen LogP contribution in [0.3, 0.4) is 0 Å². The Kier molecular flexibility index (Phi) is 6.42. The first-order valence-corrected chi connectivity index (χ1v) is 12.2. The number of rotatable bonds is 8. The molecule has 0 unspecified atom stereocenters. The largest absolute Gasteiger partial charge is 0.352 e. The quantitative estimate of drug-likeness (QED) is 0.576. The van der Waals surface area contributed by atoms with Crippen molar-refractivity contribution in [3.63, 3.8) is 0 Å². The van der Waals surface area contributed by atoms with Crippen molar-refractivity contribution < 1.29 is 4.79 Å². The minimum Gasteiger partial charge on any atom is -0.352 e. The predicted octanol–water partition coefficient (Wildman–Crippen LogP) is 3.18. The van der Waals surface area contributed by atoms with E-state index in [1.807, 2.05) is 40.9 Å². The van der Waals surface area contributed by atoms with Crippen molar-refractivity contribution in [2.75, 3.05) is 32.7 Å². The molecule has 2 aliphatic rings. The molecule has 5 rings (SSSR count). The van der Waals surface area contributed by atoms with E-state index in [0.717, 1.165) is 43.4 Å². The summed E-state index contributed by atoms with van der Waals surface area (Å²) in [7, 11) is 0. The average molecular weight is 447 g/mol.